The zero-order valence-corrected chi connectivity index (χ0v) is 11.4. The second kappa shape index (κ2) is 6.30. The summed E-state index contributed by atoms with van der Waals surface area (Å²) in [5.74, 6) is 1.67. The fraction of sp³-hybridized carbons (Fsp3) is 0.417. The lowest BCUT2D eigenvalue weighted by Crippen LogP contribution is -2.05. The molecule has 0 bridgehead atoms. The molecule has 0 aromatic carbocycles. The van der Waals surface area contributed by atoms with Gasteiger partial charge in [0.15, 0.2) is 0 Å². The Hall–Kier alpha value is -1.69. The number of thiazole rings is 1. The lowest BCUT2D eigenvalue weighted by atomic mass is 10.4. The maximum atomic E-state index is 4.39. The van der Waals surface area contributed by atoms with Gasteiger partial charge in [-0.2, -0.15) is 0 Å². The van der Waals surface area contributed by atoms with Gasteiger partial charge in [-0.3, -0.25) is 0 Å². The van der Waals surface area contributed by atoms with Crippen LogP contribution in [-0.4, -0.2) is 21.5 Å². The van der Waals surface area contributed by atoms with Gasteiger partial charge in [-0.15, -0.1) is 11.3 Å². The number of anilines is 2. The quantitative estimate of drug-likeness (QED) is 0.839. The van der Waals surface area contributed by atoms with Crippen LogP contribution in [-0.2, 0) is 6.54 Å². The lowest BCUT2D eigenvalue weighted by Gasteiger charge is -2.06. The zero-order chi connectivity index (χ0) is 12.8. The molecule has 2 aromatic rings. The Morgan fingerprint density at radius 1 is 1.22 bits per heavy atom. The minimum absolute atomic E-state index is 0.697. The molecule has 96 valence electrons. The maximum absolute atomic E-state index is 4.39. The molecular formula is C12H17N5S. The predicted molar refractivity (Wildman–Crippen MR) is 75.0 cm³/mol. The Bertz CT molecular complexity index is 497. The summed E-state index contributed by atoms with van der Waals surface area (Å²) >= 11 is 1.65. The fourth-order valence-corrected chi connectivity index (χ4v) is 2.17. The highest BCUT2D eigenvalue weighted by Gasteiger charge is 2.01. The number of aromatic nitrogens is 3. The highest BCUT2D eigenvalue weighted by atomic mass is 32.1. The summed E-state index contributed by atoms with van der Waals surface area (Å²) in [6.07, 6.45) is 2.64. The number of rotatable bonds is 6. The van der Waals surface area contributed by atoms with E-state index in [0.29, 0.717) is 6.54 Å². The highest BCUT2D eigenvalue weighted by Crippen LogP contribution is 2.13. The van der Waals surface area contributed by atoms with Crippen molar-refractivity contribution in [1.29, 1.82) is 0 Å². The van der Waals surface area contributed by atoms with Crippen LogP contribution in [0.5, 0.6) is 0 Å². The van der Waals surface area contributed by atoms with Crippen molar-refractivity contribution in [2.75, 3.05) is 17.2 Å². The van der Waals surface area contributed by atoms with E-state index in [4.69, 9.17) is 0 Å². The second-order valence-corrected chi connectivity index (χ2v) is 4.89. The van der Waals surface area contributed by atoms with Crippen LogP contribution in [0.15, 0.2) is 17.8 Å². The van der Waals surface area contributed by atoms with Gasteiger partial charge in [0, 0.05) is 23.7 Å². The van der Waals surface area contributed by atoms with Crippen LogP contribution in [0.25, 0.3) is 0 Å². The monoisotopic (exact) mass is 263 g/mol. The molecule has 0 spiro atoms. The van der Waals surface area contributed by atoms with Gasteiger partial charge in [-0.05, 0) is 13.3 Å². The molecule has 0 amide bonds. The molecule has 0 saturated carbocycles. The molecule has 0 aliphatic carbocycles. The highest BCUT2D eigenvalue weighted by molar-refractivity contribution is 7.09. The summed E-state index contributed by atoms with van der Waals surface area (Å²) in [5.41, 5.74) is 1.06. The van der Waals surface area contributed by atoms with Gasteiger partial charge < -0.3 is 10.6 Å². The minimum Gasteiger partial charge on any atom is -0.370 e. The van der Waals surface area contributed by atoms with E-state index in [1.54, 1.807) is 17.7 Å². The molecule has 0 radical (unpaired) electrons. The average Bonchev–Trinajstić information content (AvgIpc) is 2.80. The van der Waals surface area contributed by atoms with E-state index >= 15 is 0 Å². The first kappa shape index (κ1) is 12.8. The summed E-state index contributed by atoms with van der Waals surface area (Å²) in [4.78, 5) is 12.7. The molecule has 0 aliphatic heterocycles. The summed E-state index contributed by atoms with van der Waals surface area (Å²) in [7, 11) is 0. The summed E-state index contributed by atoms with van der Waals surface area (Å²) < 4.78 is 0. The average molecular weight is 263 g/mol. The topological polar surface area (TPSA) is 62.7 Å². The normalized spacial score (nSPS) is 10.3. The van der Waals surface area contributed by atoms with E-state index < -0.39 is 0 Å². The summed E-state index contributed by atoms with van der Waals surface area (Å²) in [6, 6.07) is 1.91. The number of nitrogens with one attached hydrogen (secondary N) is 2. The first-order valence-electron chi connectivity index (χ1n) is 5.98. The van der Waals surface area contributed by atoms with E-state index in [-0.39, 0.29) is 0 Å². The van der Waals surface area contributed by atoms with E-state index in [9.17, 15) is 0 Å². The number of hydrogen-bond acceptors (Lipinski definition) is 6. The van der Waals surface area contributed by atoms with Crippen LogP contribution in [0.3, 0.4) is 0 Å². The first-order chi connectivity index (χ1) is 8.78. The smallest absolute Gasteiger partial charge is 0.131 e. The molecule has 5 nitrogen and oxygen atoms in total. The van der Waals surface area contributed by atoms with Crippen molar-refractivity contribution in [3.8, 4) is 0 Å². The molecule has 6 heteroatoms. The summed E-state index contributed by atoms with van der Waals surface area (Å²) in [5, 5.41) is 9.59. The Balaban J connectivity index is 1.92. The molecule has 0 unspecified atom stereocenters. The third-order valence-corrected chi connectivity index (χ3v) is 3.28. The molecule has 2 aromatic heterocycles. The fourth-order valence-electron chi connectivity index (χ4n) is 1.45. The van der Waals surface area contributed by atoms with Crippen molar-refractivity contribution in [3.63, 3.8) is 0 Å². The van der Waals surface area contributed by atoms with E-state index in [0.717, 1.165) is 35.3 Å². The Kier molecular flexibility index (Phi) is 4.46. The number of hydrogen-bond donors (Lipinski definition) is 2. The van der Waals surface area contributed by atoms with E-state index in [1.165, 1.54) is 0 Å². The van der Waals surface area contributed by atoms with E-state index in [1.807, 2.05) is 18.4 Å². The Labute approximate surface area is 111 Å². The largest absolute Gasteiger partial charge is 0.370 e. The van der Waals surface area contributed by atoms with Gasteiger partial charge in [0.25, 0.3) is 0 Å². The van der Waals surface area contributed by atoms with Crippen LogP contribution >= 0.6 is 11.3 Å². The number of aryl methyl sites for hydroxylation is 1. The van der Waals surface area contributed by atoms with Crippen molar-refractivity contribution < 1.29 is 0 Å². The minimum atomic E-state index is 0.697. The predicted octanol–water partition coefficient (Wildman–Crippen LogP) is 2.68. The Morgan fingerprint density at radius 3 is 2.67 bits per heavy atom. The van der Waals surface area contributed by atoms with Gasteiger partial charge in [0.05, 0.1) is 6.54 Å². The van der Waals surface area contributed by atoms with Crippen molar-refractivity contribution in [2.24, 2.45) is 0 Å². The van der Waals surface area contributed by atoms with Crippen LogP contribution in [0.4, 0.5) is 11.6 Å². The molecule has 2 N–H and O–H groups in total. The third-order valence-electron chi connectivity index (χ3n) is 2.31. The van der Waals surface area contributed by atoms with Gasteiger partial charge in [0.2, 0.25) is 0 Å². The second-order valence-electron chi connectivity index (χ2n) is 3.95. The van der Waals surface area contributed by atoms with Gasteiger partial charge in [-0.1, -0.05) is 6.92 Å². The molecule has 2 heterocycles. The van der Waals surface area contributed by atoms with Crippen molar-refractivity contribution in [2.45, 2.75) is 26.8 Å². The van der Waals surface area contributed by atoms with Gasteiger partial charge in [0.1, 0.15) is 23.0 Å². The van der Waals surface area contributed by atoms with Crippen LogP contribution < -0.4 is 10.6 Å². The maximum Gasteiger partial charge on any atom is 0.131 e. The first-order valence-corrected chi connectivity index (χ1v) is 6.86. The molecule has 0 fully saturated rings. The van der Waals surface area contributed by atoms with Crippen molar-refractivity contribution in [3.05, 3.63) is 28.5 Å². The van der Waals surface area contributed by atoms with E-state index in [2.05, 4.69) is 32.5 Å². The zero-order valence-electron chi connectivity index (χ0n) is 10.6. The standard InChI is InChI=1S/C12H17N5S/c1-3-4-13-10-5-11(16-8-15-10)14-6-12-17-9(2)7-18-12/h5,7-8H,3-4,6H2,1-2H3,(H2,13,14,15,16). The van der Waals surface area contributed by atoms with Crippen molar-refractivity contribution >= 4 is 23.0 Å². The number of nitrogens with zero attached hydrogens (tertiary/aromatic N) is 3. The van der Waals surface area contributed by atoms with Crippen LogP contribution in [0.2, 0.25) is 0 Å². The molecule has 0 atom stereocenters. The molecule has 0 aliphatic rings. The molecule has 2 rings (SSSR count). The third kappa shape index (κ3) is 3.66. The van der Waals surface area contributed by atoms with Crippen LogP contribution in [0.1, 0.15) is 24.0 Å². The molecule has 18 heavy (non-hydrogen) atoms. The Morgan fingerprint density at radius 2 is 2.00 bits per heavy atom. The van der Waals surface area contributed by atoms with Gasteiger partial charge in [-0.25, -0.2) is 15.0 Å². The summed E-state index contributed by atoms with van der Waals surface area (Å²) in [6.45, 7) is 5.74. The lowest BCUT2D eigenvalue weighted by molar-refractivity contribution is 0.962. The molecular weight excluding hydrogens is 246 g/mol. The van der Waals surface area contributed by atoms with Crippen LogP contribution in [0, 0.1) is 6.92 Å². The molecule has 0 saturated heterocycles. The van der Waals surface area contributed by atoms with Gasteiger partial charge >= 0.3 is 0 Å². The van der Waals surface area contributed by atoms with Crippen molar-refractivity contribution in [1.82, 2.24) is 15.0 Å². The SMILES string of the molecule is CCCNc1cc(NCc2nc(C)cs2)ncn1.